The van der Waals surface area contributed by atoms with Gasteiger partial charge in [0.25, 0.3) is 0 Å². The van der Waals surface area contributed by atoms with E-state index >= 15 is 0 Å². The molecule has 7 atom stereocenters. The summed E-state index contributed by atoms with van der Waals surface area (Å²) in [5.41, 5.74) is 0. The molecule has 2 radical (unpaired) electrons. The van der Waals surface area contributed by atoms with Crippen LogP contribution in [0.5, 0.6) is 0 Å². The van der Waals surface area contributed by atoms with E-state index in [1.807, 2.05) is 19.9 Å². The van der Waals surface area contributed by atoms with E-state index in [2.05, 4.69) is 13.2 Å². The summed E-state index contributed by atoms with van der Waals surface area (Å²) in [4.78, 5) is 0. The van der Waals surface area contributed by atoms with Crippen molar-refractivity contribution in [2.75, 3.05) is 20.3 Å². The van der Waals surface area contributed by atoms with Gasteiger partial charge < -0.3 is 28.0 Å². The largest absolute Gasteiger partial charge is 0.496 e. The molecule has 1 saturated heterocycles. The normalized spacial score (nSPS) is 28.9. The van der Waals surface area contributed by atoms with Crippen molar-refractivity contribution < 1.29 is 28.0 Å². The van der Waals surface area contributed by atoms with Gasteiger partial charge in [0.05, 0.1) is 37.1 Å². The molecule has 0 N–H and O–H groups in total. The van der Waals surface area contributed by atoms with Crippen LogP contribution in [0.25, 0.3) is 0 Å². The molecule has 7 unspecified atom stereocenters. The van der Waals surface area contributed by atoms with Crippen LogP contribution in [0.2, 0.25) is 0 Å². The van der Waals surface area contributed by atoms with Crippen molar-refractivity contribution >= 4 is 16.2 Å². The molecule has 0 saturated carbocycles. The van der Waals surface area contributed by atoms with Gasteiger partial charge in [-0.3, -0.25) is 6.66 Å². The van der Waals surface area contributed by atoms with Gasteiger partial charge in [-0.25, -0.2) is 0 Å². The van der Waals surface area contributed by atoms with Crippen LogP contribution < -0.4 is 0 Å². The Morgan fingerprint density at radius 1 is 1.38 bits per heavy atom. The van der Waals surface area contributed by atoms with E-state index < -0.39 is 32.7 Å². The Kier molecular flexibility index (Phi) is 10.7. The number of hydrogen-bond donors (Lipinski definition) is 0. The van der Waals surface area contributed by atoms with Gasteiger partial charge in [-0.2, -0.15) is 5.26 Å². The van der Waals surface area contributed by atoms with E-state index in [0.717, 1.165) is 0 Å². The number of hydrogen-bond acceptors (Lipinski definition) is 7. The van der Waals surface area contributed by atoms with Crippen LogP contribution in [0.4, 0.5) is 0 Å². The van der Waals surface area contributed by atoms with Crippen LogP contribution in [-0.4, -0.2) is 64.7 Å². The molecule has 0 aromatic heterocycles. The molecule has 1 heterocycles. The fourth-order valence-corrected chi connectivity index (χ4v) is 3.19. The van der Waals surface area contributed by atoms with Crippen LogP contribution in [0, 0.1) is 18.0 Å². The van der Waals surface area contributed by atoms with Gasteiger partial charge in [-0.15, -0.1) is 0 Å². The zero-order valence-corrected chi connectivity index (χ0v) is 16.8. The summed E-state index contributed by atoms with van der Waals surface area (Å²) in [5, 5.41) is 8.60. The maximum absolute atomic E-state index is 8.60. The molecule has 1 fully saturated rings. The lowest BCUT2D eigenvalue weighted by Crippen LogP contribution is -2.42. The molecule has 7 nitrogen and oxygen atoms in total. The number of ether oxygens (including phenoxy) is 4. The average Bonchev–Trinajstić information content (AvgIpc) is 2.87. The van der Waals surface area contributed by atoms with Crippen molar-refractivity contribution in [3.8, 4) is 6.07 Å². The fraction of sp³-hybridized carbons (Fsp3) is 0.765. The molecule has 1 rings (SSSR count). The van der Waals surface area contributed by atoms with Gasteiger partial charge in [-0.1, -0.05) is 6.58 Å². The maximum Gasteiger partial charge on any atom is 0.120 e. The lowest BCUT2D eigenvalue weighted by atomic mass is 9.92. The molecule has 0 spiro atoms. The van der Waals surface area contributed by atoms with Crippen molar-refractivity contribution in [2.45, 2.75) is 63.7 Å². The average molecular weight is 384 g/mol. The second-order valence-electron chi connectivity index (χ2n) is 6.04. The Balaban J connectivity index is 2.79. The summed E-state index contributed by atoms with van der Waals surface area (Å²) >= 11 is 0. The highest BCUT2D eigenvalue weighted by Crippen LogP contribution is 2.42. The van der Waals surface area contributed by atoms with E-state index in [0.29, 0.717) is 5.76 Å². The van der Waals surface area contributed by atoms with Crippen LogP contribution in [0.1, 0.15) is 27.2 Å². The van der Waals surface area contributed by atoms with E-state index in [1.165, 1.54) is 0 Å². The molecule has 0 aliphatic carbocycles. The van der Waals surface area contributed by atoms with Gasteiger partial charge >= 0.3 is 0 Å². The third-order valence-electron chi connectivity index (χ3n) is 3.93. The van der Waals surface area contributed by atoms with E-state index in [4.69, 9.17) is 41.1 Å². The summed E-state index contributed by atoms with van der Waals surface area (Å²) in [6, 6.07) is 1.32. The van der Waals surface area contributed by atoms with Gasteiger partial charge in [0.2, 0.25) is 0 Å². The number of allylic oxidation sites excluding steroid dienone is 1. The molecule has 146 valence electrons. The lowest BCUT2D eigenvalue weighted by Gasteiger charge is -2.32. The third kappa shape index (κ3) is 7.52. The van der Waals surface area contributed by atoms with E-state index in [9.17, 15) is 0 Å². The first-order chi connectivity index (χ1) is 12.3. The molecular weight excluding hydrogens is 356 g/mol. The number of rotatable bonds is 12. The quantitative estimate of drug-likeness (QED) is 0.168. The topological polar surface area (TPSA) is 79.2 Å². The van der Waals surface area contributed by atoms with Gasteiger partial charge in [0, 0.05) is 21.5 Å². The Morgan fingerprint density at radius 2 is 2.08 bits per heavy atom. The number of methoxy groups -OCH3 is 1. The molecule has 26 heavy (non-hydrogen) atoms. The minimum absolute atomic E-state index is 0.123. The Morgan fingerprint density at radius 3 is 2.65 bits per heavy atom. The monoisotopic (exact) mass is 384 g/mol. The Bertz CT molecular complexity index is 477. The molecule has 9 heteroatoms. The second-order valence-corrected chi connectivity index (χ2v) is 7.18. The first-order valence-corrected chi connectivity index (χ1v) is 9.81. The number of nitrogens with zero attached hydrogens (tertiary/aromatic N) is 1. The first-order valence-electron chi connectivity index (χ1n) is 8.45. The highest BCUT2D eigenvalue weighted by atomic mass is 31.2. The lowest BCUT2D eigenvalue weighted by molar-refractivity contribution is -0.100. The molecule has 0 bridgehead atoms. The van der Waals surface area contributed by atoms with Crippen molar-refractivity contribution in [1.29, 1.82) is 5.26 Å². The maximum atomic E-state index is 8.60. The Labute approximate surface area is 159 Å². The van der Waals surface area contributed by atoms with Crippen LogP contribution >= 0.6 is 8.38 Å². The highest BCUT2D eigenvalue weighted by Gasteiger charge is 2.45. The van der Waals surface area contributed by atoms with Crippen LogP contribution in [0.3, 0.4) is 0 Å². The first kappa shape index (κ1) is 23.4. The van der Waals surface area contributed by atoms with Crippen molar-refractivity contribution in [3.05, 3.63) is 19.0 Å². The van der Waals surface area contributed by atoms with Gasteiger partial charge in [-0.05, 0) is 20.8 Å². The molecular formula is C17H28BNO6P-. The summed E-state index contributed by atoms with van der Waals surface area (Å²) < 4.78 is 34.0. The van der Waals surface area contributed by atoms with E-state index in [1.54, 1.807) is 14.0 Å². The summed E-state index contributed by atoms with van der Waals surface area (Å²) in [5.74, 6) is 0.564. The molecule has 0 amide bonds. The van der Waals surface area contributed by atoms with Crippen LogP contribution in [0.15, 0.2) is 12.3 Å². The summed E-state index contributed by atoms with van der Waals surface area (Å²) in [6.07, 6.45) is -1.59. The smallest absolute Gasteiger partial charge is 0.120 e. The summed E-state index contributed by atoms with van der Waals surface area (Å²) in [7, 11) is 6.26. The molecule has 1 aliphatic heterocycles. The fourth-order valence-electron chi connectivity index (χ4n) is 2.31. The minimum Gasteiger partial charge on any atom is -0.496 e. The van der Waals surface area contributed by atoms with Crippen molar-refractivity contribution in [1.82, 2.24) is 0 Å². The third-order valence-corrected chi connectivity index (χ3v) is 4.88. The second kappa shape index (κ2) is 11.9. The molecule has 0 aromatic carbocycles. The van der Waals surface area contributed by atoms with Gasteiger partial charge in [0.15, 0.2) is 0 Å². The predicted octanol–water partition coefficient (Wildman–Crippen LogP) is 2.66. The highest BCUT2D eigenvalue weighted by molar-refractivity contribution is 7.48. The zero-order valence-electron chi connectivity index (χ0n) is 15.9. The van der Waals surface area contributed by atoms with Crippen molar-refractivity contribution in [3.63, 3.8) is 0 Å². The van der Waals surface area contributed by atoms with Gasteiger partial charge in [0.1, 0.15) is 32.8 Å². The molecule has 1 aliphatic rings. The van der Waals surface area contributed by atoms with Crippen molar-refractivity contribution in [2.24, 2.45) is 0 Å². The van der Waals surface area contributed by atoms with Crippen LogP contribution in [-0.2, 0) is 28.0 Å². The standard InChI is InChI=1S/C17H28BNO6P/c1-11(2)21-10-14-15(25-26(6)22-9-7-8-19)16(17(18)24-14)23-13(4)12(3)20-5/h12-17H,1,6-7,9-10H2,2-5H3/q-1. The number of nitriles is 1. The minimum atomic E-state index is -1.47. The molecule has 0 aromatic rings. The zero-order chi connectivity index (χ0) is 19.7. The SMILES string of the molecule is [B]C1OC(COC(=C)C)C(OP([CH2-])OCCC#N)C1OC(C)C(C)OC. The Hall–Kier alpha value is -0.675. The predicted molar refractivity (Wildman–Crippen MR) is 99.3 cm³/mol. The van der Waals surface area contributed by atoms with E-state index in [-0.39, 0.29) is 31.8 Å². The summed E-state index contributed by atoms with van der Waals surface area (Å²) in [6.45, 7) is 13.6.